The summed E-state index contributed by atoms with van der Waals surface area (Å²) < 4.78 is 5.64. The van der Waals surface area contributed by atoms with E-state index in [9.17, 15) is 14.4 Å². The average Bonchev–Trinajstić information content (AvgIpc) is 3.16. The van der Waals surface area contributed by atoms with Crippen LogP contribution in [0.2, 0.25) is 5.02 Å². The molecule has 1 fully saturated rings. The molecule has 3 aliphatic heterocycles. The summed E-state index contributed by atoms with van der Waals surface area (Å²) >= 11 is 7.31. The number of carbonyl (C=O) groups excluding carboxylic acids is 3. The van der Waals surface area contributed by atoms with Gasteiger partial charge in [0.25, 0.3) is 11.8 Å². The summed E-state index contributed by atoms with van der Waals surface area (Å²) in [6.07, 6.45) is 2.80. The van der Waals surface area contributed by atoms with Crippen LogP contribution in [-0.2, 0) is 9.59 Å². The Labute approximate surface area is 177 Å². The molecule has 1 atom stereocenters. The highest BCUT2D eigenvalue weighted by Crippen LogP contribution is 2.31. The molecule has 3 aliphatic rings. The number of hydrogen-bond donors (Lipinski definition) is 0. The van der Waals surface area contributed by atoms with Crippen LogP contribution in [0.3, 0.4) is 0 Å². The fourth-order valence-corrected chi connectivity index (χ4v) is 4.83. The number of ether oxygens (including phenoxy) is 1. The summed E-state index contributed by atoms with van der Waals surface area (Å²) in [5.74, 6) is 0.296. The Kier molecular flexibility index (Phi) is 5.65. The number of rotatable bonds is 4. The van der Waals surface area contributed by atoms with E-state index in [4.69, 9.17) is 16.3 Å². The molecule has 0 spiro atoms. The van der Waals surface area contributed by atoms with Gasteiger partial charge in [-0.15, -0.1) is 11.8 Å². The number of piperidine rings is 1. The normalized spacial score (nSPS) is 22.0. The summed E-state index contributed by atoms with van der Waals surface area (Å²) in [7, 11) is 0. The first kappa shape index (κ1) is 20.0. The molecule has 0 aromatic heterocycles. The minimum atomic E-state index is -0.500. The predicted octanol–water partition coefficient (Wildman–Crippen LogP) is 3.05. The second-order valence-electron chi connectivity index (χ2n) is 7.16. The Hall–Kier alpha value is -2.32. The van der Waals surface area contributed by atoms with Crippen LogP contribution in [0, 0.1) is 6.92 Å². The Morgan fingerprint density at radius 1 is 1.31 bits per heavy atom. The Bertz CT molecular complexity index is 924. The number of fused-ring (bicyclic) bond motifs is 1. The molecule has 7 nitrogen and oxygen atoms in total. The van der Waals surface area contributed by atoms with Crippen LogP contribution in [0.25, 0.3) is 0 Å². The van der Waals surface area contributed by atoms with Crippen LogP contribution in [-0.4, -0.2) is 64.3 Å². The van der Waals surface area contributed by atoms with Gasteiger partial charge in [-0.2, -0.15) is 4.99 Å². The third-order valence-electron chi connectivity index (χ3n) is 5.29. The molecule has 1 aromatic rings. The van der Waals surface area contributed by atoms with Crippen molar-refractivity contribution in [2.75, 3.05) is 19.7 Å². The molecule has 0 saturated carbocycles. The second kappa shape index (κ2) is 8.20. The molecular weight excluding hydrogens is 414 g/mol. The van der Waals surface area contributed by atoms with Gasteiger partial charge in [0.05, 0.1) is 5.71 Å². The quantitative estimate of drug-likeness (QED) is 0.729. The number of likely N-dealkylation sites (tertiary alicyclic amines) is 1. The number of nitrogens with zero attached hydrogens (tertiary/aromatic N) is 3. The number of urea groups is 1. The molecule has 0 radical (unpaired) electrons. The van der Waals surface area contributed by atoms with Crippen molar-refractivity contribution in [2.45, 2.75) is 31.1 Å². The molecular formula is C20H20ClN3O4S. The molecule has 3 heterocycles. The summed E-state index contributed by atoms with van der Waals surface area (Å²) in [6, 6.07) is 4.52. The number of thioether (sulfide) groups is 1. The van der Waals surface area contributed by atoms with Gasteiger partial charge in [0.15, 0.2) is 6.61 Å². The van der Waals surface area contributed by atoms with E-state index >= 15 is 0 Å². The first-order valence-corrected chi connectivity index (χ1v) is 10.7. The first-order valence-electron chi connectivity index (χ1n) is 9.38. The van der Waals surface area contributed by atoms with Crippen molar-refractivity contribution in [1.29, 1.82) is 0 Å². The van der Waals surface area contributed by atoms with E-state index in [0.29, 0.717) is 42.4 Å². The van der Waals surface area contributed by atoms with Crippen LogP contribution < -0.4 is 4.74 Å². The van der Waals surface area contributed by atoms with E-state index in [1.165, 1.54) is 16.7 Å². The molecule has 0 bridgehead atoms. The predicted molar refractivity (Wildman–Crippen MR) is 111 cm³/mol. The number of amides is 4. The second-order valence-corrected chi connectivity index (χ2v) is 8.61. The molecule has 1 aromatic carbocycles. The van der Waals surface area contributed by atoms with Gasteiger partial charge in [0, 0.05) is 24.2 Å². The van der Waals surface area contributed by atoms with Crippen LogP contribution >= 0.6 is 23.4 Å². The first-order chi connectivity index (χ1) is 13.9. The van der Waals surface area contributed by atoms with Crippen LogP contribution in [0.4, 0.5) is 4.79 Å². The third-order valence-corrected chi connectivity index (χ3v) is 6.53. The molecule has 1 saturated heterocycles. The maximum atomic E-state index is 12.7. The van der Waals surface area contributed by atoms with E-state index in [2.05, 4.69) is 4.99 Å². The van der Waals surface area contributed by atoms with Crippen LogP contribution in [0.15, 0.2) is 34.7 Å². The summed E-state index contributed by atoms with van der Waals surface area (Å²) in [6.45, 7) is 2.74. The Morgan fingerprint density at radius 2 is 2.07 bits per heavy atom. The topological polar surface area (TPSA) is 79.3 Å². The van der Waals surface area contributed by atoms with E-state index in [-0.39, 0.29) is 24.5 Å². The molecule has 0 N–H and O–H groups in total. The standard InChI is InChI=1S/C20H20ClN3O4S/c1-12-10-13(21)2-3-16(12)28-11-17(25)23-7-4-14(5-8-23)24-19(26)18-15(6-9-29-18)22-20(24)27/h2-3,6,9-10,14,18H,4-5,7-8,11H2,1H3. The number of hydrogen-bond acceptors (Lipinski definition) is 5. The zero-order valence-electron chi connectivity index (χ0n) is 15.8. The summed E-state index contributed by atoms with van der Waals surface area (Å²) in [5, 5.41) is 2.00. The highest BCUT2D eigenvalue weighted by molar-refractivity contribution is 8.04. The van der Waals surface area contributed by atoms with Gasteiger partial charge in [-0.1, -0.05) is 11.6 Å². The number of aliphatic imine (C=N–C) groups is 1. The third kappa shape index (κ3) is 4.04. The average molecular weight is 434 g/mol. The highest BCUT2D eigenvalue weighted by atomic mass is 35.5. The number of carbonyl (C=O) groups is 3. The summed E-state index contributed by atoms with van der Waals surface area (Å²) in [5.41, 5.74) is 1.40. The van der Waals surface area contributed by atoms with Crippen LogP contribution in [0.5, 0.6) is 5.75 Å². The van der Waals surface area contributed by atoms with Gasteiger partial charge in [0.1, 0.15) is 11.0 Å². The fourth-order valence-electron chi connectivity index (χ4n) is 3.73. The zero-order valence-corrected chi connectivity index (χ0v) is 17.4. The number of aryl methyl sites for hydroxylation is 1. The monoisotopic (exact) mass is 433 g/mol. The smallest absolute Gasteiger partial charge is 0.350 e. The number of benzene rings is 1. The molecule has 4 rings (SSSR count). The van der Waals surface area contributed by atoms with Crippen molar-refractivity contribution in [3.63, 3.8) is 0 Å². The van der Waals surface area contributed by atoms with Gasteiger partial charge in [-0.25, -0.2) is 4.79 Å². The van der Waals surface area contributed by atoms with Crippen molar-refractivity contribution in [1.82, 2.24) is 9.80 Å². The Morgan fingerprint density at radius 3 is 2.79 bits per heavy atom. The lowest BCUT2D eigenvalue weighted by molar-refractivity contribution is -0.135. The number of allylic oxidation sites excluding steroid dienone is 1. The lowest BCUT2D eigenvalue weighted by Gasteiger charge is -2.38. The van der Waals surface area contributed by atoms with Crippen molar-refractivity contribution < 1.29 is 19.1 Å². The van der Waals surface area contributed by atoms with Crippen LogP contribution in [0.1, 0.15) is 18.4 Å². The molecule has 9 heteroatoms. The maximum absolute atomic E-state index is 12.7. The van der Waals surface area contributed by atoms with Gasteiger partial charge in [-0.3, -0.25) is 14.5 Å². The molecule has 29 heavy (non-hydrogen) atoms. The van der Waals surface area contributed by atoms with Gasteiger partial charge in [-0.05, 0) is 55.0 Å². The maximum Gasteiger partial charge on any atom is 0.350 e. The van der Waals surface area contributed by atoms with E-state index < -0.39 is 11.3 Å². The largest absolute Gasteiger partial charge is 0.483 e. The van der Waals surface area contributed by atoms with Crippen molar-refractivity contribution >= 4 is 46.9 Å². The van der Waals surface area contributed by atoms with Gasteiger partial charge >= 0.3 is 6.03 Å². The highest BCUT2D eigenvalue weighted by Gasteiger charge is 2.42. The van der Waals surface area contributed by atoms with Gasteiger partial charge < -0.3 is 9.64 Å². The van der Waals surface area contributed by atoms with E-state index in [1.807, 2.05) is 6.92 Å². The SMILES string of the molecule is Cc1cc(Cl)ccc1OCC(=O)N1CCC(N2C(=O)N=C3C=CSC3C2=O)CC1. The number of halogens is 1. The van der Waals surface area contributed by atoms with E-state index in [1.54, 1.807) is 34.6 Å². The Balaban J connectivity index is 1.32. The fraction of sp³-hybridized carbons (Fsp3) is 0.400. The molecule has 0 aliphatic carbocycles. The lowest BCUT2D eigenvalue weighted by Crippen LogP contribution is -2.55. The van der Waals surface area contributed by atoms with Gasteiger partial charge in [0.2, 0.25) is 0 Å². The molecule has 4 amide bonds. The van der Waals surface area contributed by atoms with Crippen molar-refractivity contribution in [3.05, 3.63) is 40.3 Å². The molecule has 152 valence electrons. The zero-order chi connectivity index (χ0) is 20.5. The van der Waals surface area contributed by atoms with E-state index in [0.717, 1.165) is 5.56 Å². The minimum Gasteiger partial charge on any atom is -0.483 e. The number of imide groups is 1. The summed E-state index contributed by atoms with van der Waals surface area (Å²) in [4.78, 5) is 44.6. The molecule has 1 unspecified atom stereocenters. The minimum absolute atomic E-state index is 0.0627. The van der Waals surface area contributed by atoms with Crippen molar-refractivity contribution in [3.8, 4) is 5.75 Å². The van der Waals surface area contributed by atoms with Crippen molar-refractivity contribution in [2.24, 2.45) is 4.99 Å². The lowest BCUT2D eigenvalue weighted by atomic mass is 10.0.